The lowest BCUT2D eigenvalue weighted by Crippen LogP contribution is -2.25. The molecule has 1 aromatic carbocycles. The van der Waals surface area contributed by atoms with Crippen molar-refractivity contribution in [3.63, 3.8) is 0 Å². The summed E-state index contributed by atoms with van der Waals surface area (Å²) < 4.78 is 1.63. The number of benzene rings is 1. The molecule has 0 unspecified atom stereocenters. The van der Waals surface area contributed by atoms with Crippen molar-refractivity contribution in [1.29, 1.82) is 0 Å². The second-order valence-corrected chi connectivity index (χ2v) is 5.51. The Kier molecular flexibility index (Phi) is 5.95. The van der Waals surface area contributed by atoms with E-state index < -0.39 is 5.97 Å². The Morgan fingerprint density at radius 1 is 1.12 bits per heavy atom. The van der Waals surface area contributed by atoms with E-state index in [0.717, 1.165) is 17.3 Å². The van der Waals surface area contributed by atoms with Crippen LogP contribution in [-0.2, 0) is 20.9 Å². The number of hydrogen-bond acceptors (Lipinski definition) is 3. The Hall–Kier alpha value is -2.83. The van der Waals surface area contributed by atoms with Gasteiger partial charge in [-0.15, -0.1) is 0 Å². The maximum Gasteiger partial charge on any atom is 0.323 e. The maximum atomic E-state index is 11.9. The minimum Gasteiger partial charge on any atom is -0.480 e. The van der Waals surface area contributed by atoms with Crippen LogP contribution in [0.4, 0.5) is 5.69 Å². The molecule has 1 aromatic heterocycles. The van der Waals surface area contributed by atoms with E-state index in [4.69, 9.17) is 5.11 Å². The maximum absolute atomic E-state index is 11.9. The third kappa shape index (κ3) is 4.84. The highest BCUT2D eigenvalue weighted by Crippen LogP contribution is 2.20. The van der Waals surface area contributed by atoms with Gasteiger partial charge in [0.25, 0.3) is 0 Å². The van der Waals surface area contributed by atoms with Crippen LogP contribution in [0.1, 0.15) is 26.2 Å². The lowest BCUT2D eigenvalue weighted by Gasteiger charge is -2.07. The molecular formula is C17H21N3O4. The first-order valence-corrected chi connectivity index (χ1v) is 7.87. The number of nitrogens with one attached hydrogen (secondary N) is 2. The van der Waals surface area contributed by atoms with E-state index in [0.29, 0.717) is 12.2 Å². The van der Waals surface area contributed by atoms with Crippen LogP contribution < -0.4 is 10.6 Å². The van der Waals surface area contributed by atoms with Crippen LogP contribution in [0.3, 0.4) is 0 Å². The zero-order chi connectivity index (χ0) is 17.5. The third-order valence-corrected chi connectivity index (χ3v) is 3.51. The van der Waals surface area contributed by atoms with Crippen LogP contribution in [0.2, 0.25) is 0 Å². The minimum absolute atomic E-state index is 0.109. The zero-order valence-corrected chi connectivity index (χ0v) is 13.5. The summed E-state index contributed by atoms with van der Waals surface area (Å²) in [6.07, 6.45) is 2.83. The van der Waals surface area contributed by atoms with Gasteiger partial charge < -0.3 is 20.3 Å². The smallest absolute Gasteiger partial charge is 0.323 e. The molecule has 0 aliphatic rings. The van der Waals surface area contributed by atoms with Crippen molar-refractivity contribution in [3.8, 4) is 0 Å². The molecule has 7 heteroatoms. The van der Waals surface area contributed by atoms with Crippen molar-refractivity contribution in [3.05, 3.63) is 30.5 Å². The molecule has 0 fully saturated rings. The number of fused-ring (bicyclic) bond motifs is 1. The average Bonchev–Trinajstić information content (AvgIpc) is 2.92. The predicted octanol–water partition coefficient (Wildman–Crippen LogP) is 1.97. The first kappa shape index (κ1) is 17.5. The molecule has 7 nitrogen and oxygen atoms in total. The van der Waals surface area contributed by atoms with Gasteiger partial charge in [-0.05, 0) is 30.7 Å². The summed E-state index contributed by atoms with van der Waals surface area (Å²) in [4.78, 5) is 34.2. The van der Waals surface area contributed by atoms with E-state index >= 15 is 0 Å². The van der Waals surface area contributed by atoms with Crippen molar-refractivity contribution in [2.45, 2.75) is 32.7 Å². The summed E-state index contributed by atoms with van der Waals surface area (Å²) in [5.74, 6) is -1.27. The summed E-state index contributed by atoms with van der Waals surface area (Å²) in [6.45, 7) is 2.47. The van der Waals surface area contributed by atoms with Gasteiger partial charge >= 0.3 is 5.97 Å². The number of aromatic nitrogens is 1. The molecule has 0 atom stereocenters. The Bertz CT molecular complexity index is 751. The summed E-state index contributed by atoms with van der Waals surface area (Å²) in [5, 5.41) is 15.2. The monoisotopic (exact) mass is 331 g/mol. The van der Waals surface area contributed by atoms with Gasteiger partial charge in [0.2, 0.25) is 11.8 Å². The van der Waals surface area contributed by atoms with Gasteiger partial charge in [-0.25, -0.2) is 0 Å². The number of rotatable bonds is 8. The van der Waals surface area contributed by atoms with E-state index in [1.54, 1.807) is 35.0 Å². The summed E-state index contributed by atoms with van der Waals surface area (Å²) in [5.41, 5.74) is 1.41. The normalized spacial score (nSPS) is 10.5. The molecule has 0 spiro atoms. The van der Waals surface area contributed by atoms with Crippen molar-refractivity contribution in [2.24, 2.45) is 0 Å². The topological polar surface area (TPSA) is 100 Å². The number of hydrogen-bond donors (Lipinski definition) is 3. The Morgan fingerprint density at radius 2 is 1.88 bits per heavy atom. The molecule has 0 aliphatic carbocycles. The fraction of sp³-hybridized carbons (Fsp3) is 0.353. The van der Waals surface area contributed by atoms with Crippen molar-refractivity contribution < 1.29 is 19.5 Å². The fourth-order valence-corrected chi connectivity index (χ4v) is 2.36. The standard InChI is InChI=1S/C17H21N3O4/c1-2-8-18-15(21)5-6-16(22)19-13-3-4-14-12(10-13)7-9-20(14)11-17(23)24/h3-4,7,9-10H,2,5-6,8,11H2,1H3,(H,18,21)(H,19,22)(H,23,24). The largest absolute Gasteiger partial charge is 0.480 e. The van der Waals surface area contributed by atoms with Crippen molar-refractivity contribution in [2.75, 3.05) is 11.9 Å². The Balaban J connectivity index is 1.94. The summed E-state index contributed by atoms with van der Waals surface area (Å²) >= 11 is 0. The number of amides is 2. The second kappa shape index (κ2) is 8.14. The lowest BCUT2D eigenvalue weighted by molar-refractivity contribution is -0.137. The highest BCUT2D eigenvalue weighted by molar-refractivity contribution is 5.95. The third-order valence-electron chi connectivity index (χ3n) is 3.51. The van der Waals surface area contributed by atoms with Crippen LogP contribution in [0.25, 0.3) is 10.9 Å². The number of carbonyl (C=O) groups excluding carboxylic acids is 2. The number of carbonyl (C=O) groups is 3. The molecular weight excluding hydrogens is 310 g/mol. The van der Waals surface area contributed by atoms with Gasteiger partial charge in [-0.2, -0.15) is 0 Å². The van der Waals surface area contributed by atoms with Crippen LogP contribution >= 0.6 is 0 Å². The fourth-order valence-electron chi connectivity index (χ4n) is 2.36. The first-order valence-electron chi connectivity index (χ1n) is 7.87. The van der Waals surface area contributed by atoms with Crippen molar-refractivity contribution in [1.82, 2.24) is 9.88 Å². The molecule has 2 rings (SSSR count). The van der Waals surface area contributed by atoms with E-state index in [2.05, 4.69) is 10.6 Å². The lowest BCUT2D eigenvalue weighted by atomic mass is 10.2. The average molecular weight is 331 g/mol. The van der Waals surface area contributed by atoms with Gasteiger partial charge in [0, 0.05) is 42.2 Å². The molecule has 3 N–H and O–H groups in total. The van der Waals surface area contributed by atoms with E-state index in [1.807, 2.05) is 6.92 Å². The number of nitrogens with zero attached hydrogens (tertiary/aromatic N) is 1. The zero-order valence-electron chi connectivity index (χ0n) is 13.5. The van der Waals surface area contributed by atoms with E-state index in [1.165, 1.54) is 0 Å². The number of carboxylic acids is 1. The molecule has 0 aliphatic heterocycles. The van der Waals surface area contributed by atoms with Crippen molar-refractivity contribution >= 4 is 34.4 Å². The van der Waals surface area contributed by atoms with Gasteiger partial charge in [-0.3, -0.25) is 14.4 Å². The van der Waals surface area contributed by atoms with E-state index in [9.17, 15) is 14.4 Å². The summed E-state index contributed by atoms with van der Waals surface area (Å²) in [7, 11) is 0. The molecule has 0 saturated carbocycles. The SMILES string of the molecule is CCCNC(=O)CCC(=O)Nc1ccc2c(ccn2CC(=O)O)c1. The molecule has 2 amide bonds. The summed E-state index contributed by atoms with van der Waals surface area (Å²) in [6, 6.07) is 7.06. The predicted molar refractivity (Wildman–Crippen MR) is 90.7 cm³/mol. The van der Waals surface area contributed by atoms with Crippen LogP contribution in [-0.4, -0.2) is 34.0 Å². The number of anilines is 1. The molecule has 2 aromatic rings. The molecule has 0 radical (unpaired) electrons. The minimum atomic E-state index is -0.911. The van der Waals surface area contributed by atoms with Crippen LogP contribution in [0, 0.1) is 0 Å². The van der Waals surface area contributed by atoms with Gasteiger partial charge in [0.05, 0.1) is 0 Å². The van der Waals surface area contributed by atoms with Gasteiger partial charge in [-0.1, -0.05) is 6.92 Å². The quantitative estimate of drug-likeness (QED) is 0.688. The highest BCUT2D eigenvalue weighted by atomic mass is 16.4. The Labute approximate surface area is 139 Å². The first-order chi connectivity index (χ1) is 11.5. The number of carboxylic acid groups (broad SMARTS) is 1. The molecule has 128 valence electrons. The van der Waals surface area contributed by atoms with Crippen LogP contribution in [0.15, 0.2) is 30.5 Å². The second-order valence-electron chi connectivity index (χ2n) is 5.51. The number of aliphatic carboxylic acids is 1. The molecule has 0 saturated heterocycles. The molecule has 0 bridgehead atoms. The molecule has 1 heterocycles. The van der Waals surface area contributed by atoms with Crippen LogP contribution in [0.5, 0.6) is 0 Å². The van der Waals surface area contributed by atoms with E-state index in [-0.39, 0.29) is 31.2 Å². The highest BCUT2D eigenvalue weighted by Gasteiger charge is 2.09. The molecule has 24 heavy (non-hydrogen) atoms. The van der Waals surface area contributed by atoms with Gasteiger partial charge in [0.15, 0.2) is 0 Å². The van der Waals surface area contributed by atoms with Gasteiger partial charge in [0.1, 0.15) is 6.54 Å². The Morgan fingerprint density at radius 3 is 2.58 bits per heavy atom.